The van der Waals surface area contributed by atoms with Crippen LogP contribution in [-0.4, -0.2) is 31.4 Å². The van der Waals surface area contributed by atoms with Crippen molar-refractivity contribution in [1.29, 1.82) is 0 Å². The molecule has 1 amide bonds. The molecular weight excluding hydrogens is 394 g/mol. The molecule has 4 rings (SSSR count). The van der Waals surface area contributed by atoms with Crippen molar-refractivity contribution in [2.75, 3.05) is 11.1 Å². The quantitative estimate of drug-likeness (QED) is 0.478. The fraction of sp³-hybridized carbons (Fsp3) is 0.158. The average molecular weight is 412 g/mol. The zero-order valence-electron chi connectivity index (χ0n) is 15.2. The van der Waals surface area contributed by atoms with E-state index in [-0.39, 0.29) is 11.7 Å². The van der Waals surface area contributed by atoms with E-state index in [1.807, 2.05) is 60.3 Å². The Morgan fingerprint density at radius 1 is 1.25 bits per heavy atom. The molecule has 0 unspecified atom stereocenters. The van der Waals surface area contributed by atoms with Gasteiger partial charge in [-0.3, -0.25) is 4.79 Å². The van der Waals surface area contributed by atoms with Gasteiger partial charge < -0.3 is 14.3 Å². The molecule has 1 N–H and O–H groups in total. The van der Waals surface area contributed by atoms with Crippen LogP contribution >= 0.6 is 23.1 Å². The first-order chi connectivity index (χ1) is 13.6. The molecule has 3 heterocycles. The molecule has 4 aromatic rings. The predicted molar refractivity (Wildman–Crippen MR) is 110 cm³/mol. The van der Waals surface area contributed by atoms with Gasteiger partial charge in [0.25, 0.3) is 0 Å². The highest BCUT2D eigenvalue weighted by atomic mass is 32.2. The first-order valence-corrected chi connectivity index (χ1v) is 10.4. The van der Waals surface area contributed by atoms with Crippen LogP contribution in [0.3, 0.4) is 0 Å². The summed E-state index contributed by atoms with van der Waals surface area (Å²) in [5, 5.41) is 14.4. The van der Waals surface area contributed by atoms with Gasteiger partial charge in [-0.15, -0.1) is 21.5 Å². The maximum Gasteiger partial charge on any atom is 0.236 e. The van der Waals surface area contributed by atoms with Gasteiger partial charge in [-0.05, 0) is 13.0 Å². The van der Waals surface area contributed by atoms with Gasteiger partial charge in [0.1, 0.15) is 5.76 Å². The normalized spacial score (nSPS) is 10.9. The maximum atomic E-state index is 12.3. The minimum atomic E-state index is -0.136. The SMILES string of the molecule is Cc1occc1-c1nnc(SCC(=O)Nc2nc(-c3ccccc3)cs2)n1C. The highest BCUT2D eigenvalue weighted by Crippen LogP contribution is 2.27. The summed E-state index contributed by atoms with van der Waals surface area (Å²) in [5.41, 5.74) is 2.76. The number of benzene rings is 1. The van der Waals surface area contributed by atoms with E-state index in [0.717, 1.165) is 22.6 Å². The van der Waals surface area contributed by atoms with Crippen molar-refractivity contribution in [3.8, 4) is 22.6 Å². The number of carbonyl (C=O) groups excluding carboxylic acids is 1. The van der Waals surface area contributed by atoms with Gasteiger partial charge in [0.15, 0.2) is 16.1 Å². The molecule has 0 fully saturated rings. The zero-order chi connectivity index (χ0) is 19.5. The summed E-state index contributed by atoms with van der Waals surface area (Å²) >= 11 is 2.73. The number of carbonyl (C=O) groups is 1. The van der Waals surface area contributed by atoms with Crippen molar-refractivity contribution < 1.29 is 9.21 Å². The number of nitrogens with zero attached hydrogens (tertiary/aromatic N) is 4. The van der Waals surface area contributed by atoms with Crippen LogP contribution in [0.25, 0.3) is 22.6 Å². The first-order valence-electron chi connectivity index (χ1n) is 8.49. The van der Waals surface area contributed by atoms with Gasteiger partial charge in [-0.25, -0.2) is 4.98 Å². The molecule has 0 spiro atoms. The van der Waals surface area contributed by atoms with E-state index in [9.17, 15) is 4.79 Å². The largest absolute Gasteiger partial charge is 0.469 e. The standard InChI is InChI=1S/C19H17N5O2S2/c1-12-14(8-9-26-12)17-22-23-19(24(17)2)28-11-16(25)21-18-20-15(10-27-18)13-6-4-3-5-7-13/h3-10H,11H2,1-2H3,(H,20,21,25). The summed E-state index contributed by atoms with van der Waals surface area (Å²) in [7, 11) is 1.87. The van der Waals surface area contributed by atoms with Gasteiger partial charge in [0.05, 0.1) is 23.3 Å². The molecule has 1 aromatic carbocycles. The van der Waals surface area contributed by atoms with Crippen LogP contribution in [-0.2, 0) is 11.8 Å². The number of aromatic nitrogens is 4. The third-order valence-corrected chi connectivity index (χ3v) is 5.87. The molecule has 142 valence electrons. The van der Waals surface area contributed by atoms with Gasteiger partial charge in [0, 0.05) is 18.0 Å². The molecule has 0 radical (unpaired) electrons. The minimum Gasteiger partial charge on any atom is -0.469 e. The van der Waals surface area contributed by atoms with E-state index < -0.39 is 0 Å². The smallest absolute Gasteiger partial charge is 0.236 e. The van der Waals surface area contributed by atoms with Crippen molar-refractivity contribution >= 4 is 34.1 Å². The number of anilines is 1. The lowest BCUT2D eigenvalue weighted by Crippen LogP contribution is -2.14. The maximum absolute atomic E-state index is 12.3. The first kappa shape index (κ1) is 18.5. The fourth-order valence-corrected chi connectivity index (χ4v) is 4.10. The summed E-state index contributed by atoms with van der Waals surface area (Å²) in [4.78, 5) is 16.8. The molecule has 0 aliphatic carbocycles. The molecular formula is C19H17N5O2S2. The number of furan rings is 1. The number of nitrogens with one attached hydrogen (secondary N) is 1. The summed E-state index contributed by atoms with van der Waals surface area (Å²) in [5.74, 6) is 1.57. The second-order valence-electron chi connectivity index (χ2n) is 6.00. The molecule has 0 saturated heterocycles. The second-order valence-corrected chi connectivity index (χ2v) is 7.80. The lowest BCUT2D eigenvalue weighted by molar-refractivity contribution is -0.113. The van der Waals surface area contributed by atoms with Crippen LogP contribution in [0.2, 0.25) is 0 Å². The Morgan fingerprint density at radius 2 is 2.07 bits per heavy atom. The van der Waals surface area contributed by atoms with Crippen molar-refractivity contribution in [2.45, 2.75) is 12.1 Å². The highest BCUT2D eigenvalue weighted by Gasteiger charge is 2.16. The van der Waals surface area contributed by atoms with Gasteiger partial charge >= 0.3 is 0 Å². The molecule has 0 aliphatic heterocycles. The number of aryl methyl sites for hydroxylation is 1. The average Bonchev–Trinajstić information content (AvgIpc) is 3.42. The number of hydrogen-bond donors (Lipinski definition) is 1. The van der Waals surface area contributed by atoms with Crippen LogP contribution in [0.4, 0.5) is 5.13 Å². The second kappa shape index (κ2) is 7.99. The van der Waals surface area contributed by atoms with Crippen molar-refractivity contribution in [3.63, 3.8) is 0 Å². The Morgan fingerprint density at radius 3 is 2.82 bits per heavy atom. The Kier molecular flexibility index (Phi) is 5.27. The van der Waals surface area contributed by atoms with E-state index in [2.05, 4.69) is 20.5 Å². The van der Waals surface area contributed by atoms with Crippen LogP contribution in [0.1, 0.15) is 5.76 Å². The van der Waals surface area contributed by atoms with E-state index in [4.69, 9.17) is 4.42 Å². The Hall–Kier alpha value is -2.91. The summed E-state index contributed by atoms with van der Waals surface area (Å²) in [6, 6.07) is 11.7. The molecule has 28 heavy (non-hydrogen) atoms. The molecule has 3 aromatic heterocycles. The summed E-state index contributed by atoms with van der Waals surface area (Å²) < 4.78 is 7.18. The lowest BCUT2D eigenvalue weighted by Gasteiger charge is -2.03. The minimum absolute atomic E-state index is 0.136. The zero-order valence-corrected chi connectivity index (χ0v) is 16.9. The monoisotopic (exact) mass is 411 g/mol. The number of hydrogen-bond acceptors (Lipinski definition) is 7. The molecule has 0 aliphatic rings. The number of thioether (sulfide) groups is 1. The van der Waals surface area contributed by atoms with Gasteiger partial charge in [0.2, 0.25) is 5.91 Å². The Balaban J connectivity index is 1.37. The van der Waals surface area contributed by atoms with E-state index in [1.54, 1.807) is 6.26 Å². The van der Waals surface area contributed by atoms with Crippen LogP contribution in [0, 0.1) is 6.92 Å². The van der Waals surface area contributed by atoms with E-state index in [1.165, 1.54) is 23.1 Å². The predicted octanol–water partition coefficient (Wildman–Crippen LogP) is 4.24. The van der Waals surface area contributed by atoms with Crippen LogP contribution in [0.5, 0.6) is 0 Å². The number of amides is 1. The van der Waals surface area contributed by atoms with E-state index >= 15 is 0 Å². The third kappa shape index (κ3) is 3.85. The molecule has 9 heteroatoms. The van der Waals surface area contributed by atoms with Crippen molar-refractivity contribution in [2.24, 2.45) is 7.05 Å². The number of thiazole rings is 1. The van der Waals surface area contributed by atoms with Gasteiger partial charge in [-0.2, -0.15) is 0 Å². The third-order valence-electron chi connectivity index (χ3n) is 4.09. The molecule has 0 bridgehead atoms. The lowest BCUT2D eigenvalue weighted by atomic mass is 10.2. The van der Waals surface area contributed by atoms with E-state index in [0.29, 0.717) is 16.1 Å². The summed E-state index contributed by atoms with van der Waals surface area (Å²) in [6.07, 6.45) is 1.62. The molecule has 0 atom stereocenters. The fourth-order valence-electron chi connectivity index (χ4n) is 2.65. The summed E-state index contributed by atoms with van der Waals surface area (Å²) in [6.45, 7) is 1.88. The molecule has 7 nitrogen and oxygen atoms in total. The molecule has 0 saturated carbocycles. The topological polar surface area (TPSA) is 85.8 Å². The number of rotatable bonds is 6. The Labute approximate surface area is 169 Å². The highest BCUT2D eigenvalue weighted by molar-refractivity contribution is 7.99. The Bertz CT molecular complexity index is 1100. The van der Waals surface area contributed by atoms with Gasteiger partial charge in [-0.1, -0.05) is 42.1 Å². The van der Waals surface area contributed by atoms with Crippen LogP contribution in [0.15, 0.2) is 57.6 Å². The van der Waals surface area contributed by atoms with Crippen molar-refractivity contribution in [1.82, 2.24) is 19.7 Å². The van der Waals surface area contributed by atoms with Crippen LogP contribution < -0.4 is 5.32 Å². The van der Waals surface area contributed by atoms with Crippen molar-refractivity contribution in [3.05, 3.63) is 53.8 Å².